The third-order valence-electron chi connectivity index (χ3n) is 4.08. The Morgan fingerprint density at radius 3 is 2.44 bits per heavy atom. The van der Waals surface area contributed by atoms with Gasteiger partial charge in [0.1, 0.15) is 0 Å². The fourth-order valence-corrected chi connectivity index (χ4v) is 3.10. The number of hydrogen-bond acceptors (Lipinski definition) is 2. The van der Waals surface area contributed by atoms with E-state index in [1.807, 2.05) is 49.0 Å². The van der Waals surface area contributed by atoms with Crippen molar-refractivity contribution in [1.29, 1.82) is 0 Å². The van der Waals surface area contributed by atoms with Crippen LogP contribution >= 0.6 is 23.2 Å². The van der Waals surface area contributed by atoms with E-state index in [-0.39, 0.29) is 5.56 Å². The summed E-state index contributed by atoms with van der Waals surface area (Å²) in [4.78, 5) is 13.9. The van der Waals surface area contributed by atoms with Crippen molar-refractivity contribution in [2.45, 2.75) is 20.4 Å². The van der Waals surface area contributed by atoms with Crippen molar-refractivity contribution < 1.29 is 0 Å². The van der Waals surface area contributed by atoms with Crippen molar-refractivity contribution in [3.05, 3.63) is 86.9 Å². The summed E-state index contributed by atoms with van der Waals surface area (Å²) in [6, 6.07) is 15.0. The maximum atomic E-state index is 11.2. The maximum Gasteiger partial charge on any atom is 0.247 e. The number of halogens is 2. The molecule has 6 heteroatoms. The Bertz CT molecular complexity index is 1110. The van der Waals surface area contributed by atoms with Gasteiger partial charge in [-0.2, -0.15) is 5.10 Å². The molecule has 0 amide bonds. The summed E-state index contributed by atoms with van der Waals surface area (Å²) in [6.45, 7) is 4.59. The van der Waals surface area contributed by atoms with Crippen molar-refractivity contribution in [2.75, 3.05) is 0 Å². The van der Waals surface area contributed by atoms with Crippen LogP contribution in [0.2, 0.25) is 10.0 Å². The van der Waals surface area contributed by atoms with Gasteiger partial charge in [-0.1, -0.05) is 55.2 Å². The lowest BCUT2D eigenvalue weighted by atomic mass is 10.1. The summed E-state index contributed by atoms with van der Waals surface area (Å²) in [5, 5.41) is 6.59. The highest BCUT2D eigenvalue weighted by molar-refractivity contribution is 6.42. The molecule has 0 saturated heterocycles. The second kappa shape index (κ2) is 8.42. The summed E-state index contributed by atoms with van der Waals surface area (Å²) < 4.78 is 1.92. The van der Waals surface area contributed by atoms with Crippen LogP contribution in [-0.4, -0.2) is 14.8 Å². The fourth-order valence-electron chi connectivity index (χ4n) is 2.78. The third kappa shape index (κ3) is 4.24. The number of aromatic nitrogens is 3. The molecule has 0 fully saturated rings. The second-order valence-electron chi connectivity index (χ2n) is 5.77. The standard InChI is InChI=1S/C19H13Cl2N3O.C2H6/c20-16-5-1-12(7-17(16)21)11-24-18-8-13(2-3-15(18)10-23-24)14-4-6-19(25)22-9-14;1-2/h1-10H,11H2,(H,22,25);1-2H3. The topological polar surface area (TPSA) is 50.7 Å². The highest BCUT2D eigenvalue weighted by atomic mass is 35.5. The van der Waals surface area contributed by atoms with Crippen LogP contribution in [0.3, 0.4) is 0 Å². The average Bonchev–Trinajstić information content (AvgIpc) is 3.09. The van der Waals surface area contributed by atoms with Crippen molar-refractivity contribution in [3.8, 4) is 11.1 Å². The smallest absolute Gasteiger partial charge is 0.247 e. The first-order valence-electron chi connectivity index (χ1n) is 8.69. The Morgan fingerprint density at radius 1 is 0.963 bits per heavy atom. The van der Waals surface area contributed by atoms with E-state index in [4.69, 9.17) is 23.2 Å². The van der Waals surface area contributed by atoms with E-state index in [1.54, 1.807) is 18.3 Å². The van der Waals surface area contributed by atoms with Gasteiger partial charge >= 0.3 is 0 Å². The van der Waals surface area contributed by atoms with Gasteiger partial charge in [-0.05, 0) is 41.0 Å². The summed E-state index contributed by atoms with van der Waals surface area (Å²) in [5.74, 6) is 0. The number of aromatic amines is 1. The maximum absolute atomic E-state index is 11.2. The van der Waals surface area contributed by atoms with Gasteiger partial charge in [-0.15, -0.1) is 0 Å². The summed E-state index contributed by atoms with van der Waals surface area (Å²) in [5.41, 5.74) is 3.88. The van der Waals surface area contributed by atoms with Crippen LogP contribution in [0.4, 0.5) is 0 Å². The van der Waals surface area contributed by atoms with E-state index in [2.05, 4.69) is 16.1 Å². The summed E-state index contributed by atoms with van der Waals surface area (Å²) in [7, 11) is 0. The first-order valence-corrected chi connectivity index (χ1v) is 9.44. The second-order valence-corrected chi connectivity index (χ2v) is 6.58. The quantitative estimate of drug-likeness (QED) is 0.475. The van der Waals surface area contributed by atoms with Gasteiger partial charge in [-0.25, -0.2) is 0 Å². The molecular weight excluding hydrogens is 381 g/mol. The van der Waals surface area contributed by atoms with Crippen LogP contribution in [0, 0.1) is 0 Å². The highest BCUT2D eigenvalue weighted by Gasteiger charge is 2.07. The first-order chi connectivity index (χ1) is 13.1. The zero-order chi connectivity index (χ0) is 19.4. The SMILES string of the molecule is CC.O=c1ccc(-c2ccc3cnn(Cc4ccc(Cl)c(Cl)c4)c3c2)c[nH]1. The molecule has 4 nitrogen and oxygen atoms in total. The van der Waals surface area contributed by atoms with Gasteiger partial charge in [0, 0.05) is 17.6 Å². The molecule has 2 aromatic carbocycles. The molecule has 0 aliphatic heterocycles. The van der Waals surface area contributed by atoms with E-state index < -0.39 is 0 Å². The van der Waals surface area contributed by atoms with Crippen molar-refractivity contribution in [2.24, 2.45) is 0 Å². The van der Waals surface area contributed by atoms with Gasteiger partial charge in [-0.3, -0.25) is 9.48 Å². The first kappa shape index (κ1) is 19.2. The largest absolute Gasteiger partial charge is 0.328 e. The number of nitrogens with zero attached hydrogens (tertiary/aromatic N) is 2. The van der Waals surface area contributed by atoms with Gasteiger partial charge in [0.05, 0.1) is 28.3 Å². The van der Waals surface area contributed by atoms with Crippen molar-refractivity contribution in [3.63, 3.8) is 0 Å². The van der Waals surface area contributed by atoms with Crippen LogP contribution in [0.25, 0.3) is 22.0 Å². The molecule has 4 aromatic rings. The lowest BCUT2D eigenvalue weighted by Gasteiger charge is -2.07. The normalized spacial score (nSPS) is 10.5. The van der Waals surface area contributed by atoms with E-state index in [9.17, 15) is 4.79 Å². The molecule has 0 saturated carbocycles. The molecule has 138 valence electrons. The zero-order valence-corrected chi connectivity index (χ0v) is 16.6. The molecule has 1 N–H and O–H groups in total. The van der Waals surface area contributed by atoms with Crippen molar-refractivity contribution >= 4 is 34.1 Å². The Labute approximate surface area is 167 Å². The molecule has 0 radical (unpaired) electrons. The Morgan fingerprint density at radius 2 is 1.74 bits per heavy atom. The fraction of sp³-hybridized carbons (Fsp3) is 0.143. The minimum absolute atomic E-state index is 0.116. The van der Waals surface area contributed by atoms with E-state index in [1.165, 1.54) is 6.07 Å². The van der Waals surface area contributed by atoms with E-state index >= 15 is 0 Å². The van der Waals surface area contributed by atoms with Crippen molar-refractivity contribution in [1.82, 2.24) is 14.8 Å². The minimum atomic E-state index is -0.116. The number of fused-ring (bicyclic) bond motifs is 1. The molecule has 0 bridgehead atoms. The predicted octanol–water partition coefficient (Wildman–Crippen LogP) is 5.77. The zero-order valence-electron chi connectivity index (χ0n) is 15.0. The summed E-state index contributed by atoms with van der Waals surface area (Å²) >= 11 is 12.1. The molecule has 0 unspecified atom stereocenters. The molecule has 4 rings (SSSR count). The summed E-state index contributed by atoms with van der Waals surface area (Å²) in [6.07, 6.45) is 3.55. The van der Waals surface area contributed by atoms with Gasteiger partial charge in [0.2, 0.25) is 5.56 Å². The van der Waals surface area contributed by atoms with Gasteiger partial charge < -0.3 is 4.98 Å². The van der Waals surface area contributed by atoms with E-state index in [0.29, 0.717) is 16.6 Å². The predicted molar refractivity (Wildman–Crippen MR) is 113 cm³/mol. The Kier molecular flexibility index (Phi) is 5.99. The number of hydrogen-bond donors (Lipinski definition) is 1. The lowest BCUT2D eigenvalue weighted by Crippen LogP contribution is -2.02. The molecular formula is C21H19Cl2N3O. The number of pyridine rings is 1. The number of nitrogens with one attached hydrogen (secondary N) is 1. The lowest BCUT2D eigenvalue weighted by molar-refractivity contribution is 0.712. The molecule has 27 heavy (non-hydrogen) atoms. The third-order valence-corrected chi connectivity index (χ3v) is 4.82. The molecule has 0 spiro atoms. The number of benzene rings is 2. The monoisotopic (exact) mass is 399 g/mol. The highest BCUT2D eigenvalue weighted by Crippen LogP contribution is 2.26. The van der Waals surface area contributed by atoms with Gasteiger partial charge in [0.25, 0.3) is 0 Å². The molecule has 0 aliphatic rings. The van der Waals surface area contributed by atoms with Crippen LogP contribution in [0.5, 0.6) is 0 Å². The Hall–Kier alpha value is -2.56. The molecule has 0 aliphatic carbocycles. The minimum Gasteiger partial charge on any atom is -0.328 e. The van der Waals surface area contributed by atoms with Gasteiger partial charge in [0.15, 0.2) is 0 Å². The molecule has 2 heterocycles. The average molecular weight is 400 g/mol. The van der Waals surface area contributed by atoms with Crippen LogP contribution in [-0.2, 0) is 6.54 Å². The number of rotatable bonds is 3. The molecule has 2 aromatic heterocycles. The van der Waals surface area contributed by atoms with E-state index in [0.717, 1.165) is 27.6 Å². The number of H-pyrrole nitrogens is 1. The van der Waals surface area contributed by atoms with Crippen LogP contribution in [0.1, 0.15) is 19.4 Å². The Balaban J connectivity index is 0.00000102. The van der Waals surface area contributed by atoms with Crippen LogP contribution < -0.4 is 5.56 Å². The van der Waals surface area contributed by atoms with Crippen LogP contribution in [0.15, 0.2) is 65.7 Å². The molecule has 0 atom stereocenters.